The van der Waals surface area contributed by atoms with Gasteiger partial charge in [-0.3, -0.25) is 4.90 Å². The Kier molecular flexibility index (Phi) is 5.21. The molecule has 112 valence electrons. The third kappa shape index (κ3) is 4.19. The number of aromatic nitrogens is 1. The molecule has 0 bridgehead atoms. The van der Waals surface area contributed by atoms with E-state index in [4.69, 9.17) is 16.0 Å². The number of hydrogen-bond donors (Lipinski definition) is 0. The van der Waals surface area contributed by atoms with E-state index < -0.39 is 0 Å². The lowest BCUT2D eigenvalue weighted by Gasteiger charge is -2.19. The normalized spacial score (nSPS) is 11.1. The van der Waals surface area contributed by atoms with E-state index in [1.807, 2.05) is 38.1 Å². The predicted molar refractivity (Wildman–Crippen MR) is 87.5 cm³/mol. The van der Waals surface area contributed by atoms with E-state index in [-0.39, 0.29) is 0 Å². The van der Waals surface area contributed by atoms with Gasteiger partial charge in [0, 0.05) is 23.7 Å². The van der Waals surface area contributed by atoms with Gasteiger partial charge >= 0.3 is 0 Å². The Morgan fingerprint density at radius 2 is 2.00 bits per heavy atom. The maximum Gasteiger partial charge on any atom is 0.226 e. The number of hydrogen-bond acceptors (Lipinski definition) is 3. The standard InChI is InChI=1S/C17H21ClN2O/c1-5-20(10-12(2)3)11-16-13(4)21-17(19-16)14-6-8-15(18)9-7-14/h6-9H,2,5,10-11H2,1,3-4H3. The van der Waals surface area contributed by atoms with Crippen molar-refractivity contribution in [3.8, 4) is 11.5 Å². The van der Waals surface area contributed by atoms with Crippen LogP contribution < -0.4 is 0 Å². The highest BCUT2D eigenvalue weighted by atomic mass is 35.5. The van der Waals surface area contributed by atoms with Gasteiger partial charge in [0.15, 0.2) is 0 Å². The summed E-state index contributed by atoms with van der Waals surface area (Å²) in [5, 5.41) is 0.709. The molecule has 0 aliphatic rings. The quantitative estimate of drug-likeness (QED) is 0.724. The maximum absolute atomic E-state index is 5.91. The largest absolute Gasteiger partial charge is 0.441 e. The predicted octanol–water partition coefficient (Wildman–Crippen LogP) is 4.70. The van der Waals surface area contributed by atoms with Crippen LogP contribution in [0.25, 0.3) is 11.5 Å². The Balaban J connectivity index is 2.18. The number of likely N-dealkylation sites (N-methyl/N-ethyl adjacent to an activating group) is 1. The molecule has 0 saturated heterocycles. The number of benzene rings is 1. The van der Waals surface area contributed by atoms with Crippen LogP contribution in [0.4, 0.5) is 0 Å². The van der Waals surface area contributed by atoms with Gasteiger partial charge in [-0.15, -0.1) is 0 Å². The summed E-state index contributed by atoms with van der Waals surface area (Å²) in [6.45, 7) is 12.7. The fourth-order valence-electron chi connectivity index (χ4n) is 2.16. The fraction of sp³-hybridized carbons (Fsp3) is 0.353. The third-order valence-electron chi connectivity index (χ3n) is 3.30. The molecule has 3 nitrogen and oxygen atoms in total. The van der Waals surface area contributed by atoms with Gasteiger partial charge < -0.3 is 4.42 Å². The van der Waals surface area contributed by atoms with Gasteiger partial charge in [-0.25, -0.2) is 4.98 Å². The summed E-state index contributed by atoms with van der Waals surface area (Å²) in [7, 11) is 0. The molecule has 0 spiro atoms. The number of rotatable bonds is 6. The maximum atomic E-state index is 5.91. The molecule has 21 heavy (non-hydrogen) atoms. The zero-order valence-electron chi connectivity index (χ0n) is 12.8. The summed E-state index contributed by atoms with van der Waals surface area (Å²) in [5.41, 5.74) is 3.07. The van der Waals surface area contributed by atoms with Crippen molar-refractivity contribution in [2.24, 2.45) is 0 Å². The lowest BCUT2D eigenvalue weighted by atomic mass is 10.2. The highest BCUT2D eigenvalue weighted by Gasteiger charge is 2.14. The third-order valence-corrected chi connectivity index (χ3v) is 3.55. The van der Waals surface area contributed by atoms with Gasteiger partial charge in [0.1, 0.15) is 5.76 Å². The molecule has 1 heterocycles. The molecular formula is C17H21ClN2O. The second-order valence-corrected chi connectivity index (χ2v) is 5.73. The van der Waals surface area contributed by atoms with E-state index in [1.54, 1.807) is 0 Å². The highest BCUT2D eigenvalue weighted by molar-refractivity contribution is 6.30. The van der Waals surface area contributed by atoms with Crippen molar-refractivity contribution < 1.29 is 4.42 Å². The number of aryl methyl sites for hydroxylation is 1. The van der Waals surface area contributed by atoms with Crippen molar-refractivity contribution in [2.75, 3.05) is 13.1 Å². The first-order valence-corrected chi connectivity index (χ1v) is 7.46. The van der Waals surface area contributed by atoms with E-state index in [0.29, 0.717) is 10.9 Å². The summed E-state index contributed by atoms with van der Waals surface area (Å²) >= 11 is 5.91. The first kappa shape index (κ1) is 15.8. The first-order valence-electron chi connectivity index (χ1n) is 7.08. The van der Waals surface area contributed by atoms with E-state index in [9.17, 15) is 0 Å². The van der Waals surface area contributed by atoms with Crippen molar-refractivity contribution in [3.63, 3.8) is 0 Å². The van der Waals surface area contributed by atoms with Crippen LogP contribution in [0.1, 0.15) is 25.3 Å². The van der Waals surface area contributed by atoms with Gasteiger partial charge in [0.2, 0.25) is 5.89 Å². The summed E-state index contributed by atoms with van der Waals surface area (Å²) in [4.78, 5) is 6.91. The smallest absolute Gasteiger partial charge is 0.226 e. The molecular weight excluding hydrogens is 284 g/mol. The van der Waals surface area contributed by atoms with Crippen LogP contribution in [-0.4, -0.2) is 23.0 Å². The van der Waals surface area contributed by atoms with Crippen LogP contribution in [0, 0.1) is 6.92 Å². The van der Waals surface area contributed by atoms with Crippen LogP contribution in [0.2, 0.25) is 5.02 Å². The molecule has 0 unspecified atom stereocenters. The minimum Gasteiger partial charge on any atom is -0.441 e. The Labute approximate surface area is 131 Å². The molecule has 1 aromatic heterocycles. The summed E-state index contributed by atoms with van der Waals surface area (Å²) < 4.78 is 5.79. The van der Waals surface area contributed by atoms with Gasteiger partial charge in [-0.2, -0.15) is 0 Å². The van der Waals surface area contributed by atoms with Crippen molar-refractivity contribution in [1.82, 2.24) is 9.88 Å². The molecule has 0 fully saturated rings. The minimum absolute atomic E-state index is 0.644. The first-order chi connectivity index (χ1) is 9.99. The molecule has 1 aromatic carbocycles. The van der Waals surface area contributed by atoms with Gasteiger partial charge in [0.25, 0.3) is 0 Å². The zero-order valence-corrected chi connectivity index (χ0v) is 13.6. The molecule has 0 aliphatic heterocycles. The van der Waals surface area contributed by atoms with E-state index >= 15 is 0 Å². The van der Waals surface area contributed by atoms with Gasteiger partial charge in [-0.05, 0) is 44.7 Å². The zero-order chi connectivity index (χ0) is 15.4. The average Bonchev–Trinajstić information content (AvgIpc) is 2.79. The molecule has 0 radical (unpaired) electrons. The Morgan fingerprint density at radius 3 is 2.57 bits per heavy atom. The van der Waals surface area contributed by atoms with Crippen LogP contribution in [0.15, 0.2) is 40.8 Å². The Bertz CT molecular complexity index is 616. The summed E-state index contributed by atoms with van der Waals surface area (Å²) in [6.07, 6.45) is 0. The monoisotopic (exact) mass is 304 g/mol. The van der Waals surface area contributed by atoms with Gasteiger partial charge in [-0.1, -0.05) is 30.7 Å². The lowest BCUT2D eigenvalue weighted by Crippen LogP contribution is -2.25. The van der Waals surface area contributed by atoms with Crippen molar-refractivity contribution in [1.29, 1.82) is 0 Å². The molecule has 2 rings (SSSR count). The summed E-state index contributed by atoms with van der Waals surface area (Å²) in [5.74, 6) is 1.51. The van der Waals surface area contributed by atoms with Crippen molar-refractivity contribution in [3.05, 3.63) is 52.9 Å². The SMILES string of the molecule is C=C(C)CN(CC)Cc1nc(-c2ccc(Cl)cc2)oc1C. The van der Waals surface area contributed by atoms with Crippen LogP contribution in [0.5, 0.6) is 0 Å². The van der Waals surface area contributed by atoms with Crippen LogP contribution in [0.3, 0.4) is 0 Å². The minimum atomic E-state index is 0.644. The van der Waals surface area contributed by atoms with Crippen molar-refractivity contribution in [2.45, 2.75) is 27.3 Å². The molecule has 0 N–H and O–H groups in total. The van der Waals surface area contributed by atoms with Crippen LogP contribution >= 0.6 is 11.6 Å². The molecule has 0 atom stereocenters. The Hall–Kier alpha value is -1.58. The number of halogens is 1. The van der Waals surface area contributed by atoms with E-state index in [2.05, 4.69) is 23.4 Å². The molecule has 0 saturated carbocycles. The second kappa shape index (κ2) is 6.92. The lowest BCUT2D eigenvalue weighted by molar-refractivity contribution is 0.299. The number of oxazole rings is 1. The highest BCUT2D eigenvalue weighted by Crippen LogP contribution is 2.24. The second-order valence-electron chi connectivity index (χ2n) is 5.29. The van der Waals surface area contributed by atoms with Gasteiger partial charge in [0.05, 0.1) is 5.69 Å². The van der Waals surface area contributed by atoms with Crippen LogP contribution in [-0.2, 0) is 6.54 Å². The number of nitrogens with zero attached hydrogens (tertiary/aromatic N) is 2. The summed E-state index contributed by atoms with van der Waals surface area (Å²) in [6, 6.07) is 7.52. The topological polar surface area (TPSA) is 29.3 Å². The molecule has 0 amide bonds. The average molecular weight is 305 g/mol. The molecule has 0 aliphatic carbocycles. The molecule has 2 aromatic rings. The van der Waals surface area contributed by atoms with E-state index in [0.717, 1.165) is 42.2 Å². The van der Waals surface area contributed by atoms with Crippen molar-refractivity contribution >= 4 is 11.6 Å². The Morgan fingerprint density at radius 1 is 1.33 bits per heavy atom. The molecule has 4 heteroatoms. The fourth-order valence-corrected chi connectivity index (χ4v) is 2.29. The van der Waals surface area contributed by atoms with E-state index in [1.165, 1.54) is 0 Å².